The first-order chi connectivity index (χ1) is 10.1. The largest absolute Gasteiger partial charge is 0.504 e. The molecule has 0 bridgehead atoms. The maximum atomic E-state index is 12.3. The molecule has 0 saturated heterocycles. The van der Waals surface area contributed by atoms with Crippen molar-refractivity contribution in [2.24, 2.45) is 0 Å². The molecule has 4 nitrogen and oxygen atoms in total. The molecule has 0 radical (unpaired) electrons. The van der Waals surface area contributed by atoms with E-state index in [1.807, 2.05) is 29.1 Å². The number of hydrogen-bond acceptors (Lipinski definition) is 4. The summed E-state index contributed by atoms with van der Waals surface area (Å²) >= 11 is 1.65. The molecular weight excluding hydrogens is 286 g/mol. The second kappa shape index (κ2) is 5.18. The molecule has 3 rings (SSSR count). The van der Waals surface area contributed by atoms with Crippen LogP contribution in [0.3, 0.4) is 0 Å². The maximum absolute atomic E-state index is 12.3. The highest BCUT2D eigenvalue weighted by molar-refractivity contribution is 7.17. The zero-order chi connectivity index (χ0) is 15.0. The van der Waals surface area contributed by atoms with Crippen LogP contribution in [-0.2, 0) is 6.54 Å². The van der Waals surface area contributed by atoms with Crippen LogP contribution < -0.4 is 4.57 Å². The molecule has 0 spiro atoms. The molecule has 106 valence electrons. The normalized spacial score (nSPS) is 10.9. The van der Waals surface area contributed by atoms with Crippen LogP contribution in [0.1, 0.15) is 16.1 Å². The average Bonchev–Trinajstić information content (AvgIpc) is 2.94. The Labute approximate surface area is 125 Å². The Balaban J connectivity index is 1.92. The number of aryl methyl sites for hydroxylation is 1. The number of thiophene rings is 1. The van der Waals surface area contributed by atoms with Crippen molar-refractivity contribution >= 4 is 27.2 Å². The number of aromatic nitrogens is 1. The van der Waals surface area contributed by atoms with Crippen molar-refractivity contribution < 1.29 is 19.6 Å². The molecule has 0 aliphatic rings. The summed E-state index contributed by atoms with van der Waals surface area (Å²) in [4.78, 5) is 12.3. The van der Waals surface area contributed by atoms with E-state index in [1.54, 1.807) is 11.3 Å². The van der Waals surface area contributed by atoms with Gasteiger partial charge in [0, 0.05) is 23.9 Å². The zero-order valence-corrected chi connectivity index (χ0v) is 12.2. The molecule has 3 aromatic rings. The van der Waals surface area contributed by atoms with Gasteiger partial charge in [0.05, 0.1) is 0 Å². The van der Waals surface area contributed by atoms with Crippen molar-refractivity contribution in [3.63, 3.8) is 0 Å². The lowest BCUT2D eigenvalue weighted by Gasteiger charge is -2.03. The molecule has 0 fully saturated rings. The predicted molar refractivity (Wildman–Crippen MR) is 80.9 cm³/mol. The number of carbonyl (C=O) groups excluding carboxylic acids is 1. The molecule has 2 N–H and O–H groups in total. The first-order valence-corrected chi connectivity index (χ1v) is 7.35. The van der Waals surface area contributed by atoms with Gasteiger partial charge in [0.1, 0.15) is 4.70 Å². The highest BCUT2D eigenvalue weighted by Crippen LogP contribution is 2.25. The molecule has 2 heterocycles. The smallest absolute Gasteiger partial charge is 0.227 e. The number of pyridine rings is 1. The van der Waals surface area contributed by atoms with E-state index in [-0.39, 0.29) is 23.8 Å². The highest BCUT2D eigenvalue weighted by Gasteiger charge is 2.18. The van der Waals surface area contributed by atoms with Crippen LogP contribution in [0.5, 0.6) is 11.5 Å². The molecular formula is C16H14NO3S+. The quantitative estimate of drug-likeness (QED) is 0.444. The van der Waals surface area contributed by atoms with Gasteiger partial charge in [-0.3, -0.25) is 4.79 Å². The minimum absolute atomic E-state index is 0.116. The van der Waals surface area contributed by atoms with Crippen LogP contribution in [0.4, 0.5) is 0 Å². The lowest BCUT2D eigenvalue weighted by Crippen LogP contribution is -2.40. The van der Waals surface area contributed by atoms with Crippen LogP contribution in [0.2, 0.25) is 0 Å². The number of benzene rings is 1. The number of ketones is 1. The Bertz CT molecular complexity index is 839. The molecule has 0 aliphatic carbocycles. The third-order valence-corrected chi connectivity index (χ3v) is 4.54. The van der Waals surface area contributed by atoms with E-state index in [0.29, 0.717) is 5.56 Å². The summed E-state index contributed by atoms with van der Waals surface area (Å²) in [6.45, 7) is 2.18. The lowest BCUT2D eigenvalue weighted by molar-refractivity contribution is -0.687. The Morgan fingerprint density at radius 1 is 1.19 bits per heavy atom. The van der Waals surface area contributed by atoms with Crippen LogP contribution in [-0.4, -0.2) is 16.0 Å². The van der Waals surface area contributed by atoms with E-state index in [1.165, 1.54) is 28.3 Å². The average molecular weight is 300 g/mol. The summed E-state index contributed by atoms with van der Waals surface area (Å²) in [7, 11) is 0. The van der Waals surface area contributed by atoms with E-state index in [4.69, 9.17) is 0 Å². The Morgan fingerprint density at radius 3 is 2.76 bits per heavy atom. The van der Waals surface area contributed by atoms with Gasteiger partial charge < -0.3 is 10.2 Å². The highest BCUT2D eigenvalue weighted by atomic mass is 32.1. The topological polar surface area (TPSA) is 61.4 Å². The van der Waals surface area contributed by atoms with Gasteiger partial charge in [-0.2, -0.15) is 4.57 Å². The van der Waals surface area contributed by atoms with Crippen molar-refractivity contribution in [3.05, 3.63) is 53.2 Å². The summed E-state index contributed by atoms with van der Waals surface area (Å²) in [6.07, 6.45) is 1.89. The SMILES string of the molecule is Cc1c2sccc2cc[n+]1CC(=O)c1ccc(O)c(O)c1. The molecule has 5 heteroatoms. The van der Waals surface area contributed by atoms with Gasteiger partial charge in [0.2, 0.25) is 12.3 Å². The first kappa shape index (κ1) is 13.6. The van der Waals surface area contributed by atoms with Crippen molar-refractivity contribution in [1.82, 2.24) is 0 Å². The van der Waals surface area contributed by atoms with Gasteiger partial charge >= 0.3 is 0 Å². The monoisotopic (exact) mass is 300 g/mol. The summed E-state index contributed by atoms with van der Waals surface area (Å²) in [5.74, 6) is -0.624. The third kappa shape index (κ3) is 2.48. The third-order valence-electron chi connectivity index (χ3n) is 3.50. The van der Waals surface area contributed by atoms with Crippen molar-refractivity contribution in [3.8, 4) is 11.5 Å². The van der Waals surface area contributed by atoms with Gasteiger partial charge in [-0.05, 0) is 29.6 Å². The van der Waals surface area contributed by atoms with Crippen LogP contribution in [0.25, 0.3) is 10.1 Å². The summed E-state index contributed by atoms with van der Waals surface area (Å²) in [6, 6.07) is 8.16. The number of rotatable bonds is 3. The summed E-state index contributed by atoms with van der Waals surface area (Å²) in [5, 5.41) is 22.0. The van der Waals surface area contributed by atoms with E-state index in [9.17, 15) is 15.0 Å². The number of phenolic OH excluding ortho intramolecular Hbond substituents is 2. The van der Waals surface area contributed by atoms with Gasteiger partial charge in [0.15, 0.2) is 23.4 Å². The minimum Gasteiger partial charge on any atom is -0.504 e. The van der Waals surface area contributed by atoms with E-state index in [0.717, 1.165) is 5.69 Å². The van der Waals surface area contributed by atoms with Crippen molar-refractivity contribution in [2.75, 3.05) is 0 Å². The van der Waals surface area contributed by atoms with E-state index in [2.05, 4.69) is 6.07 Å². The zero-order valence-electron chi connectivity index (χ0n) is 11.4. The number of phenols is 2. The van der Waals surface area contributed by atoms with Crippen molar-refractivity contribution in [1.29, 1.82) is 0 Å². The molecule has 0 amide bonds. The number of aromatic hydroxyl groups is 2. The van der Waals surface area contributed by atoms with Crippen LogP contribution >= 0.6 is 11.3 Å². The fraction of sp³-hybridized carbons (Fsp3) is 0.125. The van der Waals surface area contributed by atoms with E-state index < -0.39 is 0 Å². The Hall–Kier alpha value is -2.40. The number of hydrogen-bond donors (Lipinski definition) is 2. The van der Waals surface area contributed by atoms with Gasteiger partial charge in [-0.25, -0.2) is 0 Å². The number of nitrogens with zero attached hydrogens (tertiary/aromatic N) is 1. The molecule has 0 aliphatic heterocycles. The maximum Gasteiger partial charge on any atom is 0.227 e. The van der Waals surface area contributed by atoms with Gasteiger partial charge in [-0.1, -0.05) is 0 Å². The number of Topliss-reactive ketones (excluding diaryl/α,β-unsaturated/α-hetero) is 1. The van der Waals surface area contributed by atoms with E-state index >= 15 is 0 Å². The Morgan fingerprint density at radius 2 is 2.00 bits per heavy atom. The second-order valence-electron chi connectivity index (χ2n) is 4.86. The van der Waals surface area contributed by atoms with Crippen molar-refractivity contribution in [2.45, 2.75) is 13.5 Å². The predicted octanol–water partition coefficient (Wildman–Crippen LogP) is 2.79. The number of fused-ring (bicyclic) bond motifs is 1. The number of carbonyl (C=O) groups is 1. The Kier molecular flexibility index (Phi) is 3.35. The molecule has 21 heavy (non-hydrogen) atoms. The first-order valence-electron chi connectivity index (χ1n) is 6.47. The molecule has 0 atom stereocenters. The van der Waals surface area contributed by atoms with Crippen LogP contribution in [0, 0.1) is 6.92 Å². The fourth-order valence-corrected chi connectivity index (χ4v) is 3.18. The minimum atomic E-state index is -0.281. The van der Waals surface area contributed by atoms with Crippen LogP contribution in [0.15, 0.2) is 41.9 Å². The fourth-order valence-electron chi connectivity index (χ4n) is 2.27. The standard InChI is InChI=1S/C16H13NO3S/c1-10-16-11(5-7-21-16)4-6-17(10)9-15(20)12-2-3-13(18)14(19)8-12/h2-8H,9H2,1H3,(H-,18,19,20)/p+1. The van der Waals surface area contributed by atoms with Gasteiger partial charge in [-0.15, -0.1) is 11.3 Å². The molecule has 0 unspecified atom stereocenters. The van der Waals surface area contributed by atoms with Gasteiger partial charge in [0.25, 0.3) is 0 Å². The molecule has 1 aromatic carbocycles. The lowest BCUT2D eigenvalue weighted by atomic mass is 10.1. The summed E-state index contributed by atoms with van der Waals surface area (Å²) in [5.41, 5.74) is 1.42. The molecule has 2 aromatic heterocycles. The second-order valence-corrected chi connectivity index (χ2v) is 5.78. The summed E-state index contributed by atoms with van der Waals surface area (Å²) < 4.78 is 3.06. The molecule has 0 saturated carbocycles.